The maximum atomic E-state index is 14.2. The number of amidine groups is 1. The first kappa shape index (κ1) is 32.6. The summed E-state index contributed by atoms with van der Waals surface area (Å²) in [4.78, 5) is 32.2. The second kappa shape index (κ2) is 12.9. The van der Waals surface area contributed by atoms with E-state index >= 15 is 0 Å². The molecule has 5 aromatic rings. The number of rotatable bonds is 7. The van der Waals surface area contributed by atoms with E-state index in [0.717, 1.165) is 33.0 Å². The number of hydrogen-bond donors (Lipinski definition) is 0. The average Bonchev–Trinajstić information content (AvgIpc) is 3.74. The van der Waals surface area contributed by atoms with Gasteiger partial charge in [-0.1, -0.05) is 80.1 Å². The van der Waals surface area contributed by atoms with E-state index in [9.17, 15) is 20.2 Å². The monoisotopic (exact) mass is 696 g/mol. The van der Waals surface area contributed by atoms with E-state index in [1.165, 1.54) is 28.4 Å². The van der Waals surface area contributed by atoms with Crippen molar-refractivity contribution < 1.29 is 9.72 Å². The number of carbonyl (C=O) groups excluding carboxylic acids is 1. The zero-order valence-corrected chi connectivity index (χ0v) is 28.9. The molecule has 0 spiro atoms. The molecule has 0 bridgehead atoms. The van der Waals surface area contributed by atoms with Crippen molar-refractivity contribution in [3.63, 3.8) is 0 Å². The summed E-state index contributed by atoms with van der Waals surface area (Å²) in [7, 11) is 0. The van der Waals surface area contributed by atoms with Crippen LogP contribution in [0.2, 0.25) is 5.15 Å². The minimum Gasteiger partial charge on any atom is -0.266 e. The Kier molecular flexibility index (Phi) is 8.39. The standard InChI is InChI=1S/C39H29ClN6O3S/c1-24-30(35(40)45(43-24)28-12-8-5-9-13-28)19-16-26-20-31-32(23-41)38(50-34(31)39(2,3)22-26)44-36(27-10-6-4-7-11-27)42-33(37(44)47)21-25-14-17-29(18-15-25)46(48)49/h4-21H,22H2,1-3H3/b19-16-,33-21+. The zero-order chi connectivity index (χ0) is 35.2. The van der Waals surface area contributed by atoms with Crippen LogP contribution in [0.3, 0.4) is 0 Å². The van der Waals surface area contributed by atoms with Gasteiger partial charge in [0.1, 0.15) is 27.8 Å². The number of nitrogens with zero attached hydrogens (tertiary/aromatic N) is 6. The number of aromatic nitrogens is 2. The number of benzene rings is 3. The quantitative estimate of drug-likeness (QED) is 0.0955. The lowest BCUT2D eigenvalue weighted by Gasteiger charge is -2.29. The Balaban J connectivity index is 1.29. The number of nitriles is 1. The van der Waals surface area contributed by atoms with E-state index in [4.69, 9.17) is 16.6 Å². The van der Waals surface area contributed by atoms with Crippen LogP contribution < -0.4 is 4.90 Å². The van der Waals surface area contributed by atoms with Crippen LogP contribution in [0, 0.1) is 28.4 Å². The number of amides is 1. The lowest BCUT2D eigenvalue weighted by Crippen LogP contribution is -2.32. The summed E-state index contributed by atoms with van der Waals surface area (Å²) in [6, 6.07) is 27.4. The maximum absolute atomic E-state index is 14.2. The van der Waals surface area contributed by atoms with E-state index in [1.807, 2.05) is 85.8 Å². The molecule has 0 fully saturated rings. The van der Waals surface area contributed by atoms with Gasteiger partial charge in [0.25, 0.3) is 11.6 Å². The first-order valence-corrected chi connectivity index (χ1v) is 17.0. The number of aryl methyl sites for hydroxylation is 1. The summed E-state index contributed by atoms with van der Waals surface area (Å²) >= 11 is 8.24. The van der Waals surface area contributed by atoms with E-state index < -0.39 is 4.92 Å². The summed E-state index contributed by atoms with van der Waals surface area (Å²) in [5, 5.41) is 27.4. The Labute approximate surface area is 297 Å². The molecule has 0 saturated heterocycles. The average molecular weight is 697 g/mol. The summed E-state index contributed by atoms with van der Waals surface area (Å²) in [6.45, 7) is 6.19. The fourth-order valence-corrected chi connectivity index (χ4v) is 7.90. The minimum atomic E-state index is -0.472. The van der Waals surface area contributed by atoms with Crippen molar-refractivity contribution in [2.75, 3.05) is 4.90 Å². The van der Waals surface area contributed by atoms with Crippen molar-refractivity contribution in [1.29, 1.82) is 5.26 Å². The lowest BCUT2D eigenvalue weighted by atomic mass is 9.77. The van der Waals surface area contributed by atoms with Crippen LogP contribution >= 0.6 is 22.9 Å². The topological polar surface area (TPSA) is 117 Å². The zero-order valence-electron chi connectivity index (χ0n) is 27.3. The van der Waals surface area contributed by atoms with Gasteiger partial charge in [0.2, 0.25) is 0 Å². The van der Waals surface area contributed by atoms with Gasteiger partial charge in [-0.15, -0.1) is 11.3 Å². The highest BCUT2D eigenvalue weighted by molar-refractivity contribution is 7.17. The van der Waals surface area contributed by atoms with Gasteiger partial charge in [0.05, 0.1) is 21.9 Å². The van der Waals surface area contributed by atoms with Crippen LogP contribution in [0.1, 0.15) is 58.7 Å². The number of non-ortho nitro benzene ring substituents is 1. The van der Waals surface area contributed by atoms with Crippen LogP contribution in [0.25, 0.3) is 23.9 Å². The fourth-order valence-electron chi connectivity index (χ4n) is 6.24. The number of hydrogen-bond acceptors (Lipinski definition) is 7. The van der Waals surface area contributed by atoms with E-state index in [0.29, 0.717) is 39.1 Å². The Morgan fingerprint density at radius 2 is 1.70 bits per heavy atom. The molecule has 0 unspecified atom stereocenters. The highest BCUT2D eigenvalue weighted by Crippen LogP contribution is 2.50. The highest BCUT2D eigenvalue weighted by atomic mass is 35.5. The molecular weight excluding hydrogens is 668 g/mol. The van der Waals surface area contributed by atoms with Gasteiger partial charge in [-0.2, -0.15) is 10.4 Å². The summed E-state index contributed by atoms with van der Waals surface area (Å²) < 4.78 is 1.72. The number of aliphatic imine (C=N–C) groups is 1. The number of nitro groups is 1. The fraction of sp³-hybridized carbons (Fsp3) is 0.128. The number of anilines is 1. The molecule has 2 aromatic heterocycles. The second-order valence-electron chi connectivity index (χ2n) is 12.6. The van der Waals surface area contributed by atoms with Crippen molar-refractivity contribution in [1.82, 2.24) is 9.78 Å². The van der Waals surface area contributed by atoms with Gasteiger partial charge in [-0.25, -0.2) is 14.6 Å². The molecule has 11 heteroatoms. The molecule has 0 N–H and O–H groups in total. The van der Waals surface area contributed by atoms with E-state index in [2.05, 4.69) is 25.0 Å². The third-order valence-electron chi connectivity index (χ3n) is 8.64. The van der Waals surface area contributed by atoms with Crippen molar-refractivity contribution in [2.24, 2.45) is 4.99 Å². The Hall–Kier alpha value is -5.89. The SMILES string of the molecule is Cc1nn(-c2ccccc2)c(Cl)c1/C=C\C1=Cc2c(sc(N3C(=O)/C(=C\c4ccc([N+](=O)[O-])cc4)N=C3c3ccccc3)c2C#N)C(C)(C)C1. The molecule has 1 aliphatic heterocycles. The molecule has 7 rings (SSSR count). The number of allylic oxidation sites excluding steroid dienone is 2. The molecule has 9 nitrogen and oxygen atoms in total. The normalized spacial score (nSPS) is 16.0. The number of thiophene rings is 1. The van der Waals surface area contributed by atoms with Crippen LogP contribution in [-0.2, 0) is 10.2 Å². The molecule has 0 atom stereocenters. The predicted octanol–water partition coefficient (Wildman–Crippen LogP) is 9.29. The number of carbonyl (C=O) groups is 1. The lowest BCUT2D eigenvalue weighted by molar-refractivity contribution is -0.384. The first-order valence-electron chi connectivity index (χ1n) is 15.8. The summed E-state index contributed by atoms with van der Waals surface area (Å²) in [6.07, 6.45) is 8.32. The van der Waals surface area contributed by atoms with Crippen LogP contribution in [0.5, 0.6) is 0 Å². The number of halogens is 1. The van der Waals surface area contributed by atoms with Gasteiger partial charge in [0, 0.05) is 39.1 Å². The molecule has 3 aromatic carbocycles. The van der Waals surface area contributed by atoms with Gasteiger partial charge < -0.3 is 0 Å². The van der Waals surface area contributed by atoms with Crippen molar-refractivity contribution >= 4 is 63.6 Å². The Bertz CT molecular complexity index is 2340. The highest BCUT2D eigenvalue weighted by Gasteiger charge is 2.40. The maximum Gasteiger partial charge on any atom is 0.283 e. The molecule has 246 valence electrons. The van der Waals surface area contributed by atoms with Gasteiger partial charge in [-0.3, -0.25) is 14.9 Å². The number of nitro benzene ring substituents is 1. The van der Waals surface area contributed by atoms with Crippen LogP contribution in [0.15, 0.2) is 107 Å². The Morgan fingerprint density at radius 3 is 2.36 bits per heavy atom. The molecule has 1 amide bonds. The van der Waals surface area contributed by atoms with Crippen molar-refractivity contribution in [2.45, 2.75) is 32.6 Å². The molecule has 1 aliphatic carbocycles. The van der Waals surface area contributed by atoms with Gasteiger partial charge in [0.15, 0.2) is 0 Å². The van der Waals surface area contributed by atoms with Gasteiger partial charge in [-0.05, 0) is 67.0 Å². The second-order valence-corrected chi connectivity index (χ2v) is 14.0. The van der Waals surface area contributed by atoms with Crippen LogP contribution in [0.4, 0.5) is 10.7 Å². The molecule has 50 heavy (non-hydrogen) atoms. The summed E-state index contributed by atoms with van der Waals surface area (Å²) in [5.74, 6) is 0.0149. The molecular formula is C39H29ClN6O3S. The summed E-state index contributed by atoms with van der Waals surface area (Å²) in [5.41, 5.74) is 5.71. The van der Waals surface area contributed by atoms with Gasteiger partial charge >= 0.3 is 0 Å². The van der Waals surface area contributed by atoms with Crippen molar-refractivity contribution in [3.8, 4) is 11.8 Å². The number of para-hydroxylation sites is 1. The van der Waals surface area contributed by atoms with E-state index in [-0.39, 0.29) is 22.7 Å². The third kappa shape index (κ3) is 5.87. The molecule has 0 radical (unpaired) electrons. The predicted molar refractivity (Wildman–Crippen MR) is 199 cm³/mol. The smallest absolute Gasteiger partial charge is 0.266 e. The molecule has 3 heterocycles. The number of fused-ring (bicyclic) bond motifs is 1. The largest absolute Gasteiger partial charge is 0.283 e. The van der Waals surface area contributed by atoms with E-state index in [1.54, 1.807) is 22.9 Å². The third-order valence-corrected chi connectivity index (χ3v) is 10.6. The van der Waals surface area contributed by atoms with Crippen molar-refractivity contribution in [3.05, 3.63) is 156 Å². The minimum absolute atomic E-state index is 0.0480. The molecule has 0 saturated carbocycles. The first-order chi connectivity index (χ1) is 24.1. The molecule has 2 aliphatic rings. The Morgan fingerprint density at radius 1 is 1.02 bits per heavy atom. The van der Waals surface area contributed by atoms with Crippen LogP contribution in [-0.4, -0.2) is 26.4 Å².